The summed E-state index contributed by atoms with van der Waals surface area (Å²) >= 11 is 0. The van der Waals surface area contributed by atoms with Crippen LogP contribution in [0.15, 0.2) is 0 Å². The van der Waals surface area contributed by atoms with Gasteiger partial charge in [-0.15, -0.1) is 0 Å². The largest absolute Gasteiger partial charge is 2.00 e. The van der Waals surface area contributed by atoms with Crippen molar-refractivity contribution in [2.45, 2.75) is 18.9 Å². The molecular weight excluding hydrogens is 146 g/mol. The number of hydrogen-bond acceptors (Lipinski definition) is 2. The first-order valence-corrected chi connectivity index (χ1v) is 2.72. The second kappa shape index (κ2) is 3.77. The van der Waals surface area contributed by atoms with E-state index in [4.69, 9.17) is 5.11 Å². The second-order valence-electron chi connectivity index (χ2n) is 2.00. The van der Waals surface area contributed by atoms with Crippen LogP contribution in [0.3, 0.4) is 0 Å². The van der Waals surface area contributed by atoms with Crippen LogP contribution in [0.5, 0.6) is 0 Å². The van der Waals surface area contributed by atoms with Crippen molar-refractivity contribution in [3.8, 4) is 0 Å². The predicted octanol–water partition coefficient (Wildman–Crippen LogP) is -0.806. The third kappa shape index (κ3) is 2.15. The molecule has 0 bridgehead atoms. The van der Waals surface area contributed by atoms with E-state index in [9.17, 15) is 9.59 Å². The maximum absolute atomic E-state index is 10.4. The maximum Gasteiger partial charge on any atom is 2.00 e. The fourth-order valence-electron chi connectivity index (χ4n) is 0.799. The Labute approximate surface area is 77.1 Å². The smallest absolute Gasteiger partial charge is 1.00 e. The van der Waals surface area contributed by atoms with Gasteiger partial charge in [-0.3, -0.25) is 4.79 Å². The van der Waals surface area contributed by atoms with E-state index in [-0.39, 0.29) is 31.8 Å². The Hall–Kier alpha value is -0.294. The van der Waals surface area contributed by atoms with E-state index < -0.39 is 12.0 Å². The average molecular weight is 155 g/mol. The Morgan fingerprint density at radius 1 is 1.80 bits per heavy atom. The van der Waals surface area contributed by atoms with Gasteiger partial charge in [0.1, 0.15) is 6.04 Å². The normalized spacial score (nSPS) is 23.2. The molecule has 1 amide bonds. The molecule has 1 saturated heterocycles. The molecular formula is C5H9MgNO3. The van der Waals surface area contributed by atoms with Crippen LogP contribution in [-0.4, -0.2) is 46.1 Å². The van der Waals surface area contributed by atoms with E-state index in [1.165, 1.54) is 0 Å². The van der Waals surface area contributed by atoms with Gasteiger partial charge in [-0.1, -0.05) is 0 Å². The molecule has 1 atom stereocenters. The Morgan fingerprint density at radius 2 is 2.40 bits per heavy atom. The van der Waals surface area contributed by atoms with Gasteiger partial charge in [-0.05, 0) is 6.42 Å². The molecule has 1 fully saturated rings. The van der Waals surface area contributed by atoms with E-state index in [2.05, 4.69) is 5.32 Å². The molecule has 0 saturated carbocycles. The van der Waals surface area contributed by atoms with Gasteiger partial charge in [0, 0.05) is 6.42 Å². The van der Waals surface area contributed by atoms with Gasteiger partial charge in [0.25, 0.3) is 0 Å². The molecule has 0 aliphatic carbocycles. The first-order valence-electron chi connectivity index (χ1n) is 2.72. The average Bonchev–Trinajstić information content (AvgIpc) is 2.14. The summed E-state index contributed by atoms with van der Waals surface area (Å²) < 4.78 is 0. The van der Waals surface area contributed by atoms with Crippen LogP contribution in [0.2, 0.25) is 0 Å². The predicted molar refractivity (Wildman–Crippen MR) is 36.8 cm³/mol. The Kier molecular flexibility index (Phi) is 3.66. The number of amides is 1. The molecule has 1 heterocycles. The Morgan fingerprint density at radius 3 is 2.60 bits per heavy atom. The first-order chi connectivity index (χ1) is 4.20. The molecule has 0 unspecified atom stereocenters. The van der Waals surface area contributed by atoms with Crippen molar-refractivity contribution in [2.75, 3.05) is 0 Å². The van der Waals surface area contributed by atoms with Crippen LogP contribution in [0, 0.1) is 0 Å². The number of aliphatic carboxylic acids is 1. The number of rotatable bonds is 1. The van der Waals surface area contributed by atoms with Gasteiger partial charge in [0.05, 0.1) is 0 Å². The third-order valence-corrected chi connectivity index (χ3v) is 1.29. The molecule has 0 aromatic heterocycles. The summed E-state index contributed by atoms with van der Waals surface area (Å²) in [6.07, 6.45) is 0.769. The van der Waals surface area contributed by atoms with Crippen LogP contribution in [0.4, 0.5) is 0 Å². The van der Waals surface area contributed by atoms with Gasteiger partial charge in [0.15, 0.2) is 0 Å². The minimum atomic E-state index is -0.944. The van der Waals surface area contributed by atoms with E-state index >= 15 is 0 Å². The molecule has 0 aromatic carbocycles. The van der Waals surface area contributed by atoms with Crippen LogP contribution >= 0.6 is 0 Å². The van der Waals surface area contributed by atoms with Crippen molar-refractivity contribution >= 4 is 34.9 Å². The number of carbonyl (C=O) groups excluding carboxylic acids is 1. The SMILES string of the molecule is O=C1CC[C@@H](C(=O)O)N1.[H-].[H-].[Mg+2]. The van der Waals surface area contributed by atoms with Crippen LogP contribution in [0.25, 0.3) is 0 Å². The zero-order chi connectivity index (χ0) is 6.85. The molecule has 1 rings (SSSR count). The summed E-state index contributed by atoms with van der Waals surface area (Å²) in [5.74, 6) is -1.11. The summed E-state index contributed by atoms with van der Waals surface area (Å²) in [6, 6.07) is -0.641. The molecule has 1 aliphatic heterocycles. The topological polar surface area (TPSA) is 66.4 Å². The molecule has 0 radical (unpaired) electrons. The van der Waals surface area contributed by atoms with Gasteiger partial charge in [-0.2, -0.15) is 0 Å². The van der Waals surface area contributed by atoms with Crippen molar-refractivity contribution in [1.29, 1.82) is 0 Å². The van der Waals surface area contributed by atoms with Crippen molar-refractivity contribution in [1.82, 2.24) is 5.32 Å². The number of nitrogens with one attached hydrogen (secondary N) is 1. The van der Waals surface area contributed by atoms with Crippen molar-refractivity contribution in [2.24, 2.45) is 0 Å². The summed E-state index contributed by atoms with van der Waals surface area (Å²) in [7, 11) is 0. The summed E-state index contributed by atoms with van der Waals surface area (Å²) in [6.45, 7) is 0. The summed E-state index contributed by atoms with van der Waals surface area (Å²) in [5.41, 5.74) is 0. The summed E-state index contributed by atoms with van der Waals surface area (Å²) in [4.78, 5) is 20.5. The zero-order valence-corrected chi connectivity index (χ0v) is 6.88. The molecule has 0 aromatic rings. The maximum atomic E-state index is 10.4. The van der Waals surface area contributed by atoms with Gasteiger partial charge in [-0.25, -0.2) is 4.79 Å². The monoisotopic (exact) mass is 155 g/mol. The van der Waals surface area contributed by atoms with Gasteiger partial charge in [0.2, 0.25) is 5.91 Å². The molecule has 2 N–H and O–H groups in total. The van der Waals surface area contributed by atoms with Crippen molar-refractivity contribution in [3.63, 3.8) is 0 Å². The molecule has 10 heavy (non-hydrogen) atoms. The van der Waals surface area contributed by atoms with Gasteiger partial charge < -0.3 is 13.3 Å². The van der Waals surface area contributed by atoms with Crippen molar-refractivity contribution < 1.29 is 17.5 Å². The fraction of sp³-hybridized carbons (Fsp3) is 0.600. The van der Waals surface area contributed by atoms with E-state index in [0.717, 1.165) is 0 Å². The number of carboxylic acid groups (broad SMARTS) is 1. The number of carbonyl (C=O) groups is 2. The van der Waals surface area contributed by atoms with E-state index in [1.807, 2.05) is 0 Å². The van der Waals surface area contributed by atoms with Crippen LogP contribution in [0.1, 0.15) is 15.7 Å². The molecule has 5 heteroatoms. The number of carboxylic acids is 1. The standard InChI is InChI=1S/C5H7NO3.Mg.2H/c7-4-2-1-3(6-4)5(8)9;;;/h3H,1-2H2,(H,6,7)(H,8,9);;;/q;+2;2*-1/t3-;;;/m0.../s1. The fourth-order valence-corrected chi connectivity index (χ4v) is 0.799. The molecule has 4 nitrogen and oxygen atoms in total. The zero-order valence-electron chi connectivity index (χ0n) is 7.46. The minimum Gasteiger partial charge on any atom is -1.00 e. The second-order valence-corrected chi connectivity index (χ2v) is 2.00. The summed E-state index contributed by atoms with van der Waals surface area (Å²) in [5, 5.41) is 10.6. The van der Waals surface area contributed by atoms with Crippen molar-refractivity contribution in [3.05, 3.63) is 0 Å². The third-order valence-electron chi connectivity index (χ3n) is 1.29. The van der Waals surface area contributed by atoms with Gasteiger partial charge >= 0.3 is 29.0 Å². The Bertz CT molecular complexity index is 167. The van der Waals surface area contributed by atoms with Crippen LogP contribution in [-0.2, 0) is 9.59 Å². The van der Waals surface area contributed by atoms with Crippen LogP contribution < -0.4 is 5.32 Å². The van der Waals surface area contributed by atoms with E-state index in [0.29, 0.717) is 12.8 Å². The minimum absolute atomic E-state index is 0. The quantitative estimate of drug-likeness (QED) is 0.487. The molecule has 0 spiro atoms. The molecule has 1 aliphatic rings. The Balaban J connectivity index is -0.000000270. The number of hydrogen-bond donors (Lipinski definition) is 2. The van der Waals surface area contributed by atoms with E-state index in [1.54, 1.807) is 0 Å². The molecule has 54 valence electrons. The first kappa shape index (κ1) is 9.71.